The minimum atomic E-state index is -1.43. The number of nitrogens with zero attached hydrogens (tertiary/aromatic N) is 2. The number of rotatable bonds is 5. The van der Waals surface area contributed by atoms with E-state index in [0.29, 0.717) is 0 Å². The lowest BCUT2D eigenvalue weighted by Gasteiger charge is -2.34. The minimum absolute atomic E-state index is 0.743. The first-order valence-electron chi connectivity index (χ1n) is 6.16. The summed E-state index contributed by atoms with van der Waals surface area (Å²) in [7, 11) is -3.11. The third kappa shape index (κ3) is 6.40. The van der Waals surface area contributed by atoms with Crippen LogP contribution in [0.5, 0.6) is 0 Å². The molecule has 1 unspecified atom stereocenters. The van der Waals surface area contributed by atoms with E-state index in [1.807, 2.05) is 7.11 Å². The Morgan fingerprint density at radius 2 is 1.18 bits per heavy atom. The van der Waals surface area contributed by atoms with Crippen LogP contribution >= 0.6 is 8.09 Å². The first-order valence-corrected chi connectivity index (χ1v) is 17.7. The van der Waals surface area contributed by atoms with E-state index in [9.17, 15) is 0 Å². The minimum Gasteiger partial charge on any atom is -0.150 e. The van der Waals surface area contributed by atoms with Crippen molar-refractivity contribution in [1.29, 1.82) is 0 Å². The van der Waals surface area contributed by atoms with Gasteiger partial charge in [0.15, 0.2) is 16.5 Å². The zero-order valence-electron chi connectivity index (χ0n) is 13.2. The zero-order valence-corrected chi connectivity index (χ0v) is 17.1. The van der Waals surface area contributed by atoms with E-state index in [-0.39, 0.29) is 0 Å². The Morgan fingerprint density at radius 3 is 1.35 bits per heavy atom. The van der Waals surface area contributed by atoms with Gasteiger partial charge in [0.1, 0.15) is 0 Å². The van der Waals surface area contributed by atoms with Crippen LogP contribution < -0.4 is 0 Å². The summed E-state index contributed by atoms with van der Waals surface area (Å²) in [6.07, 6.45) is 0. The molecule has 1 atom stereocenters. The molecule has 0 saturated carbocycles. The molecule has 0 aromatic rings. The molecule has 0 rings (SSSR count). The number of hydrogen-bond acceptors (Lipinski definition) is 2. The molecule has 0 saturated heterocycles. The molecule has 0 aromatic heterocycles. The van der Waals surface area contributed by atoms with E-state index in [0.717, 1.165) is 0 Å². The van der Waals surface area contributed by atoms with Gasteiger partial charge in [0.25, 0.3) is 0 Å². The van der Waals surface area contributed by atoms with Gasteiger partial charge in [0, 0.05) is 0 Å². The van der Waals surface area contributed by atoms with Gasteiger partial charge in [-0.25, -0.2) is 0 Å². The fourth-order valence-electron chi connectivity index (χ4n) is 1.94. The molecule has 0 aliphatic heterocycles. The smallest absolute Gasteiger partial charge is 0.150 e. The van der Waals surface area contributed by atoms with Gasteiger partial charge in [-0.1, -0.05) is 39.3 Å². The maximum absolute atomic E-state index is 5.77. The lowest BCUT2D eigenvalue weighted by molar-refractivity contribution is 0.453. The summed E-state index contributed by atoms with van der Waals surface area (Å²) in [5.41, 5.74) is 0. The predicted molar refractivity (Wildman–Crippen MR) is 88.2 cm³/mol. The predicted octanol–water partition coefficient (Wildman–Crippen LogP) is 4.94. The van der Waals surface area contributed by atoms with E-state index in [2.05, 4.69) is 62.9 Å². The van der Waals surface area contributed by atoms with Gasteiger partial charge in [-0.2, -0.15) is 0 Å². The molecule has 0 bridgehead atoms. The summed E-state index contributed by atoms with van der Waals surface area (Å²) in [5, 5.41) is 0. The Kier molecular flexibility index (Phi) is 5.98. The normalized spacial score (nSPS) is 15.6. The van der Waals surface area contributed by atoms with Gasteiger partial charge >= 0.3 is 8.09 Å². The summed E-state index contributed by atoms with van der Waals surface area (Å²) >= 11 is 0. The average molecular weight is 310 g/mol. The molecule has 0 radical (unpaired) electrons. The molecule has 0 amide bonds. The standard InChI is InChI=1S/C10H30N2OPSi3/c1-13-14(11-15(2,3)4)12(16(5,6)7)17(8,9)10/h1-10H3/q+1. The van der Waals surface area contributed by atoms with Crippen molar-refractivity contribution in [3.05, 3.63) is 0 Å². The van der Waals surface area contributed by atoms with Gasteiger partial charge in [0.05, 0.1) is 7.11 Å². The maximum atomic E-state index is 5.77. The SMILES string of the molecule is CO[P+](=N[Si](C)(C)C)N([Si](C)(C)C)[Si](C)(C)C. The summed E-state index contributed by atoms with van der Waals surface area (Å²) in [6, 6.07) is 0. The van der Waals surface area contributed by atoms with Crippen LogP contribution in [0.1, 0.15) is 0 Å². The lowest BCUT2D eigenvalue weighted by atomic mass is 11.8. The van der Waals surface area contributed by atoms with Crippen molar-refractivity contribution in [2.24, 2.45) is 4.41 Å². The molecule has 0 aliphatic rings. The third-order valence-electron chi connectivity index (χ3n) is 1.99. The van der Waals surface area contributed by atoms with Crippen molar-refractivity contribution in [2.45, 2.75) is 58.9 Å². The Morgan fingerprint density at radius 1 is 0.824 bits per heavy atom. The molecule has 0 N–H and O–H groups in total. The van der Waals surface area contributed by atoms with Crippen molar-refractivity contribution in [1.82, 2.24) is 4.00 Å². The Hall–Kier alpha value is 0.671. The lowest BCUT2D eigenvalue weighted by Crippen LogP contribution is -2.55. The quantitative estimate of drug-likeness (QED) is 0.531. The van der Waals surface area contributed by atoms with Gasteiger partial charge < -0.3 is 0 Å². The van der Waals surface area contributed by atoms with Gasteiger partial charge in [-0.05, 0) is 19.6 Å². The highest BCUT2D eigenvalue weighted by Crippen LogP contribution is 2.42. The van der Waals surface area contributed by atoms with Crippen LogP contribution in [0.15, 0.2) is 4.41 Å². The van der Waals surface area contributed by atoms with E-state index in [1.165, 1.54) is 0 Å². The summed E-state index contributed by atoms with van der Waals surface area (Å²) < 4.78 is 13.5. The first kappa shape index (κ1) is 17.7. The van der Waals surface area contributed by atoms with E-state index in [1.54, 1.807) is 0 Å². The van der Waals surface area contributed by atoms with E-state index < -0.39 is 32.8 Å². The molecule has 0 aromatic carbocycles. The van der Waals surface area contributed by atoms with Gasteiger partial charge in [-0.15, -0.1) is 12.9 Å². The molecule has 7 heteroatoms. The van der Waals surface area contributed by atoms with Crippen LogP contribution in [0.2, 0.25) is 58.9 Å². The first-order chi connectivity index (χ1) is 7.29. The van der Waals surface area contributed by atoms with Crippen LogP contribution in [0.3, 0.4) is 0 Å². The summed E-state index contributed by atoms with van der Waals surface area (Å²) in [6.45, 7) is 21.3. The molecule has 17 heavy (non-hydrogen) atoms. The zero-order chi connectivity index (χ0) is 14.1. The molecular formula is C10H30N2OPSi3+. The molecule has 3 nitrogen and oxygen atoms in total. The van der Waals surface area contributed by atoms with Crippen molar-refractivity contribution in [3.8, 4) is 0 Å². The van der Waals surface area contributed by atoms with Crippen molar-refractivity contribution >= 4 is 32.8 Å². The fraction of sp³-hybridized carbons (Fsp3) is 1.00. The highest BCUT2D eigenvalue weighted by atomic mass is 31.1. The molecule has 0 aliphatic carbocycles. The second-order valence-corrected chi connectivity index (χ2v) is 24.5. The number of hydrogen-bond donors (Lipinski definition) is 0. The van der Waals surface area contributed by atoms with Crippen molar-refractivity contribution in [3.63, 3.8) is 0 Å². The highest BCUT2D eigenvalue weighted by Gasteiger charge is 2.47. The van der Waals surface area contributed by atoms with E-state index >= 15 is 0 Å². The largest absolute Gasteiger partial charge is 0.450 e. The second-order valence-electron chi connectivity index (χ2n) is 7.36. The summed E-state index contributed by atoms with van der Waals surface area (Å²) in [5.74, 6) is 0. The molecule has 102 valence electrons. The van der Waals surface area contributed by atoms with Crippen LogP contribution in [0.25, 0.3) is 0 Å². The van der Waals surface area contributed by atoms with Crippen molar-refractivity contribution < 1.29 is 4.52 Å². The molecule has 0 fully saturated rings. The van der Waals surface area contributed by atoms with Gasteiger partial charge in [-0.3, -0.25) is 0 Å². The second kappa shape index (κ2) is 5.76. The highest BCUT2D eigenvalue weighted by molar-refractivity contribution is 7.47. The third-order valence-corrected chi connectivity index (χ3v) is 16.9. The van der Waals surface area contributed by atoms with Crippen LogP contribution in [0.4, 0.5) is 0 Å². The van der Waals surface area contributed by atoms with Crippen LogP contribution in [-0.4, -0.2) is 35.8 Å². The monoisotopic (exact) mass is 309 g/mol. The fourth-order valence-corrected chi connectivity index (χ4v) is 18.3. The Bertz CT molecular complexity index is 275. The van der Waals surface area contributed by atoms with Crippen LogP contribution in [-0.2, 0) is 4.52 Å². The Labute approximate surface area is 112 Å². The average Bonchev–Trinajstić information content (AvgIpc) is 1.94. The molecular weight excluding hydrogens is 279 g/mol. The van der Waals surface area contributed by atoms with Gasteiger partial charge in [0.2, 0.25) is 8.24 Å². The maximum Gasteiger partial charge on any atom is 0.450 e. The summed E-state index contributed by atoms with van der Waals surface area (Å²) in [4.78, 5) is 0. The molecule has 0 heterocycles. The molecule has 0 spiro atoms. The van der Waals surface area contributed by atoms with Crippen LogP contribution in [0, 0.1) is 0 Å². The van der Waals surface area contributed by atoms with E-state index in [4.69, 9.17) is 8.93 Å². The van der Waals surface area contributed by atoms with Crippen molar-refractivity contribution in [2.75, 3.05) is 7.11 Å². The Balaban J connectivity index is 5.53. The topological polar surface area (TPSA) is 24.8 Å².